The summed E-state index contributed by atoms with van der Waals surface area (Å²) in [5.74, 6) is 0. The second kappa shape index (κ2) is 6.50. The Morgan fingerprint density at radius 1 is 1.41 bits per heavy atom. The van der Waals surface area contributed by atoms with Crippen molar-refractivity contribution in [2.45, 2.75) is 43.1 Å². The Hall–Kier alpha value is -1.20. The lowest BCUT2D eigenvalue weighted by atomic mass is 9.77. The van der Waals surface area contributed by atoms with Gasteiger partial charge in [0.15, 0.2) is 0 Å². The number of hydrogen-bond acceptors (Lipinski definition) is 3. The predicted molar refractivity (Wildman–Crippen MR) is 90.3 cm³/mol. The summed E-state index contributed by atoms with van der Waals surface area (Å²) in [6.45, 7) is 1.46. The van der Waals surface area contributed by atoms with Crippen molar-refractivity contribution < 1.29 is 9.90 Å². The lowest BCUT2D eigenvalue weighted by Gasteiger charge is -2.42. The van der Waals surface area contributed by atoms with E-state index in [1.165, 1.54) is 0 Å². The van der Waals surface area contributed by atoms with E-state index >= 15 is 0 Å². The molecule has 3 rings (SSSR count). The van der Waals surface area contributed by atoms with Gasteiger partial charge >= 0.3 is 6.03 Å². The number of carbonyl (C=O) groups excluding carboxylic acids is 1. The molecule has 2 amide bonds. The molecule has 2 N–H and O–H groups in total. The Morgan fingerprint density at radius 2 is 2.23 bits per heavy atom. The van der Waals surface area contributed by atoms with Crippen molar-refractivity contribution in [1.29, 1.82) is 0 Å². The number of benzene rings is 1. The normalized spacial score (nSPS) is 28.1. The Balaban J connectivity index is 1.66. The largest absolute Gasteiger partial charge is 0.392 e. The number of thioether (sulfide) groups is 1. The van der Waals surface area contributed by atoms with Crippen LogP contribution in [0.5, 0.6) is 0 Å². The lowest BCUT2D eigenvalue weighted by molar-refractivity contribution is 0.00400. The first-order valence-electron chi connectivity index (χ1n) is 8.01. The van der Waals surface area contributed by atoms with Crippen LogP contribution in [0.4, 0.5) is 10.5 Å². The molecule has 0 unspecified atom stereocenters. The third-order valence-corrected chi connectivity index (χ3v) is 5.80. The molecule has 1 spiro atoms. The van der Waals surface area contributed by atoms with Gasteiger partial charge in [0.05, 0.1) is 6.10 Å². The number of aliphatic hydroxyl groups excluding tert-OH is 1. The van der Waals surface area contributed by atoms with Gasteiger partial charge in [-0.15, -0.1) is 11.8 Å². The third-order valence-electron chi connectivity index (χ3n) is 5.08. The first kappa shape index (κ1) is 15.7. The molecular formula is C17H24N2O2S. The third kappa shape index (κ3) is 3.10. The van der Waals surface area contributed by atoms with Crippen molar-refractivity contribution in [2.75, 3.05) is 24.7 Å². The SMILES string of the molecule is CSc1cccc(NC(=O)N2CCC[C@@]3(CCC[C@H]3O)C2)c1. The van der Waals surface area contributed by atoms with Crippen LogP contribution in [0.3, 0.4) is 0 Å². The van der Waals surface area contributed by atoms with E-state index in [9.17, 15) is 9.90 Å². The van der Waals surface area contributed by atoms with E-state index in [0.717, 1.165) is 49.2 Å². The number of carbonyl (C=O) groups is 1. The smallest absolute Gasteiger partial charge is 0.321 e. The average Bonchev–Trinajstić information content (AvgIpc) is 2.88. The maximum Gasteiger partial charge on any atom is 0.321 e. The predicted octanol–water partition coefficient (Wildman–Crippen LogP) is 3.57. The van der Waals surface area contributed by atoms with E-state index in [4.69, 9.17) is 0 Å². The molecule has 2 aliphatic rings. The zero-order valence-corrected chi connectivity index (χ0v) is 13.9. The van der Waals surface area contributed by atoms with Gasteiger partial charge in [-0.3, -0.25) is 0 Å². The number of rotatable bonds is 2. The fourth-order valence-corrected chi connectivity index (χ4v) is 4.29. The zero-order valence-electron chi connectivity index (χ0n) is 13.0. The molecule has 1 saturated carbocycles. The van der Waals surface area contributed by atoms with Crippen LogP contribution >= 0.6 is 11.8 Å². The lowest BCUT2D eigenvalue weighted by Crippen LogP contribution is -2.50. The molecule has 1 heterocycles. The maximum atomic E-state index is 12.5. The van der Waals surface area contributed by atoms with E-state index in [-0.39, 0.29) is 17.6 Å². The van der Waals surface area contributed by atoms with Crippen LogP contribution in [0, 0.1) is 5.41 Å². The Bertz CT molecular complexity index is 551. The molecule has 1 saturated heterocycles. The van der Waals surface area contributed by atoms with Crippen molar-refractivity contribution >= 4 is 23.5 Å². The number of amides is 2. The molecule has 1 aliphatic carbocycles. The minimum Gasteiger partial charge on any atom is -0.392 e. The molecule has 22 heavy (non-hydrogen) atoms. The number of urea groups is 1. The quantitative estimate of drug-likeness (QED) is 0.819. The van der Waals surface area contributed by atoms with Gasteiger partial charge in [-0.1, -0.05) is 12.5 Å². The van der Waals surface area contributed by atoms with Gasteiger partial charge in [0.1, 0.15) is 0 Å². The molecule has 0 radical (unpaired) electrons. The van der Waals surface area contributed by atoms with Gasteiger partial charge < -0.3 is 15.3 Å². The van der Waals surface area contributed by atoms with E-state index < -0.39 is 0 Å². The van der Waals surface area contributed by atoms with Crippen molar-refractivity contribution in [3.63, 3.8) is 0 Å². The molecule has 1 aromatic carbocycles. The van der Waals surface area contributed by atoms with Crippen molar-refractivity contribution in [2.24, 2.45) is 5.41 Å². The van der Waals surface area contributed by atoms with E-state index in [0.29, 0.717) is 6.54 Å². The second-order valence-corrected chi connectivity index (χ2v) is 7.34. The van der Waals surface area contributed by atoms with Crippen molar-refractivity contribution in [3.8, 4) is 0 Å². The summed E-state index contributed by atoms with van der Waals surface area (Å²) in [7, 11) is 0. The molecule has 0 aromatic heterocycles. The number of likely N-dealkylation sites (tertiary alicyclic amines) is 1. The van der Waals surface area contributed by atoms with Crippen LogP contribution in [0.1, 0.15) is 32.1 Å². The summed E-state index contributed by atoms with van der Waals surface area (Å²) in [5, 5.41) is 13.3. The summed E-state index contributed by atoms with van der Waals surface area (Å²) in [4.78, 5) is 15.6. The van der Waals surface area contributed by atoms with Crippen LogP contribution in [-0.2, 0) is 0 Å². The minimum atomic E-state index is -0.247. The molecule has 1 aromatic rings. The summed E-state index contributed by atoms with van der Waals surface area (Å²) in [6, 6.07) is 7.86. The van der Waals surface area contributed by atoms with Gasteiger partial charge in [-0.2, -0.15) is 0 Å². The standard InChI is InChI=1S/C17H24N2O2S/c1-22-14-6-2-5-13(11-14)18-16(21)19-10-4-9-17(12-19)8-3-7-15(17)20/h2,5-6,11,15,20H,3-4,7-10,12H2,1H3,(H,18,21)/t15-,17+/m1/s1. The first-order valence-corrected chi connectivity index (χ1v) is 9.23. The first-order chi connectivity index (χ1) is 10.6. The number of aliphatic hydroxyl groups is 1. The summed E-state index contributed by atoms with van der Waals surface area (Å²) >= 11 is 1.66. The van der Waals surface area contributed by atoms with E-state index in [1.54, 1.807) is 11.8 Å². The minimum absolute atomic E-state index is 0.0450. The molecular weight excluding hydrogens is 296 g/mol. The van der Waals surface area contributed by atoms with Crippen molar-refractivity contribution in [1.82, 2.24) is 4.90 Å². The van der Waals surface area contributed by atoms with Crippen LogP contribution in [0.15, 0.2) is 29.2 Å². The number of hydrogen-bond donors (Lipinski definition) is 2. The highest BCUT2D eigenvalue weighted by molar-refractivity contribution is 7.98. The highest BCUT2D eigenvalue weighted by atomic mass is 32.2. The fourth-order valence-electron chi connectivity index (χ4n) is 3.83. The monoisotopic (exact) mass is 320 g/mol. The molecule has 0 bridgehead atoms. The molecule has 2 fully saturated rings. The van der Waals surface area contributed by atoms with E-state index in [1.807, 2.05) is 35.4 Å². The number of piperidine rings is 1. The topological polar surface area (TPSA) is 52.6 Å². The highest BCUT2D eigenvalue weighted by Gasteiger charge is 2.45. The van der Waals surface area contributed by atoms with Crippen LogP contribution in [0.2, 0.25) is 0 Å². The van der Waals surface area contributed by atoms with Crippen molar-refractivity contribution in [3.05, 3.63) is 24.3 Å². The maximum absolute atomic E-state index is 12.5. The number of nitrogens with one attached hydrogen (secondary N) is 1. The van der Waals surface area contributed by atoms with Gasteiger partial charge in [0.25, 0.3) is 0 Å². The van der Waals surface area contributed by atoms with Crippen LogP contribution in [-0.4, -0.2) is 41.5 Å². The summed E-state index contributed by atoms with van der Waals surface area (Å²) in [5.41, 5.74) is 0.778. The highest BCUT2D eigenvalue weighted by Crippen LogP contribution is 2.45. The molecule has 5 heteroatoms. The Morgan fingerprint density at radius 3 is 2.95 bits per heavy atom. The fraction of sp³-hybridized carbons (Fsp3) is 0.588. The second-order valence-electron chi connectivity index (χ2n) is 6.46. The van der Waals surface area contributed by atoms with Crippen LogP contribution in [0.25, 0.3) is 0 Å². The Labute approximate surface area is 136 Å². The molecule has 1 aliphatic heterocycles. The molecule has 4 nitrogen and oxygen atoms in total. The number of nitrogens with zero attached hydrogens (tertiary/aromatic N) is 1. The molecule has 120 valence electrons. The zero-order chi connectivity index (χ0) is 15.6. The summed E-state index contributed by atoms with van der Waals surface area (Å²) < 4.78 is 0. The Kier molecular flexibility index (Phi) is 4.64. The molecule has 2 atom stereocenters. The van der Waals surface area contributed by atoms with Gasteiger partial charge in [-0.05, 0) is 50.1 Å². The number of anilines is 1. The van der Waals surface area contributed by atoms with Gasteiger partial charge in [0, 0.05) is 29.1 Å². The van der Waals surface area contributed by atoms with Gasteiger partial charge in [0.2, 0.25) is 0 Å². The van der Waals surface area contributed by atoms with Gasteiger partial charge in [-0.25, -0.2) is 4.79 Å². The van der Waals surface area contributed by atoms with E-state index in [2.05, 4.69) is 5.32 Å². The summed E-state index contributed by atoms with van der Waals surface area (Å²) in [6.07, 6.45) is 6.80. The van der Waals surface area contributed by atoms with Crippen LogP contribution < -0.4 is 5.32 Å². The average molecular weight is 320 g/mol.